The SMILES string of the molecule is O=C(NCCOc1ccc2c(c1)CCC2)c1ccc(N2CCCS2(=O)=O)cc1. The van der Waals surface area contributed by atoms with Crippen molar-refractivity contribution >= 4 is 21.6 Å². The van der Waals surface area contributed by atoms with E-state index in [1.54, 1.807) is 24.3 Å². The smallest absolute Gasteiger partial charge is 0.251 e. The van der Waals surface area contributed by atoms with Gasteiger partial charge in [0.1, 0.15) is 12.4 Å². The van der Waals surface area contributed by atoms with Crippen LogP contribution in [0.3, 0.4) is 0 Å². The van der Waals surface area contributed by atoms with E-state index in [1.165, 1.54) is 21.9 Å². The second kappa shape index (κ2) is 7.83. The van der Waals surface area contributed by atoms with Crippen LogP contribution >= 0.6 is 0 Å². The van der Waals surface area contributed by atoms with E-state index in [9.17, 15) is 13.2 Å². The molecule has 0 aromatic heterocycles. The van der Waals surface area contributed by atoms with E-state index in [2.05, 4.69) is 17.4 Å². The van der Waals surface area contributed by atoms with Gasteiger partial charge in [-0.3, -0.25) is 9.10 Å². The summed E-state index contributed by atoms with van der Waals surface area (Å²) in [5.74, 6) is 0.818. The number of ether oxygens (including phenoxy) is 1. The second-order valence-electron chi connectivity index (χ2n) is 7.18. The van der Waals surface area contributed by atoms with Crippen molar-refractivity contribution in [3.8, 4) is 5.75 Å². The van der Waals surface area contributed by atoms with Crippen LogP contribution in [0.1, 0.15) is 34.3 Å². The van der Waals surface area contributed by atoms with Crippen molar-refractivity contribution in [1.82, 2.24) is 5.32 Å². The Morgan fingerprint density at radius 3 is 2.57 bits per heavy atom. The molecule has 7 heteroatoms. The lowest BCUT2D eigenvalue weighted by Crippen LogP contribution is -2.28. The predicted molar refractivity (Wildman–Crippen MR) is 108 cm³/mol. The number of hydrogen-bond acceptors (Lipinski definition) is 4. The van der Waals surface area contributed by atoms with Crippen molar-refractivity contribution < 1.29 is 17.9 Å². The van der Waals surface area contributed by atoms with Crippen molar-refractivity contribution in [2.75, 3.05) is 29.8 Å². The Hall–Kier alpha value is -2.54. The number of nitrogens with zero attached hydrogens (tertiary/aromatic N) is 1. The normalized spacial score (nSPS) is 17.4. The van der Waals surface area contributed by atoms with Crippen LogP contribution in [0.15, 0.2) is 42.5 Å². The van der Waals surface area contributed by atoms with Crippen molar-refractivity contribution in [1.29, 1.82) is 0 Å². The molecule has 1 N–H and O–H groups in total. The Kier molecular flexibility index (Phi) is 5.26. The first-order chi connectivity index (χ1) is 13.5. The van der Waals surface area contributed by atoms with Gasteiger partial charge < -0.3 is 10.1 Å². The number of carbonyl (C=O) groups is 1. The summed E-state index contributed by atoms with van der Waals surface area (Å²) in [5.41, 5.74) is 3.87. The molecule has 28 heavy (non-hydrogen) atoms. The van der Waals surface area contributed by atoms with Crippen LogP contribution in [0.4, 0.5) is 5.69 Å². The molecule has 1 amide bonds. The number of rotatable bonds is 6. The minimum absolute atomic E-state index is 0.180. The zero-order valence-electron chi connectivity index (χ0n) is 15.7. The molecule has 1 fully saturated rings. The highest BCUT2D eigenvalue weighted by Gasteiger charge is 2.28. The molecule has 0 unspecified atom stereocenters. The van der Waals surface area contributed by atoms with Gasteiger partial charge in [-0.1, -0.05) is 6.07 Å². The zero-order chi connectivity index (χ0) is 19.6. The molecule has 2 aromatic rings. The summed E-state index contributed by atoms with van der Waals surface area (Å²) in [4.78, 5) is 12.3. The van der Waals surface area contributed by atoms with Gasteiger partial charge in [-0.25, -0.2) is 8.42 Å². The van der Waals surface area contributed by atoms with E-state index in [-0.39, 0.29) is 11.7 Å². The number of carbonyl (C=O) groups excluding carboxylic acids is 1. The number of nitrogens with one attached hydrogen (secondary N) is 1. The summed E-state index contributed by atoms with van der Waals surface area (Å²) in [6, 6.07) is 12.9. The average molecular weight is 401 g/mol. The van der Waals surface area contributed by atoms with E-state index in [4.69, 9.17) is 4.74 Å². The highest BCUT2D eigenvalue weighted by molar-refractivity contribution is 7.93. The summed E-state index contributed by atoms with van der Waals surface area (Å²) < 4.78 is 31.1. The largest absolute Gasteiger partial charge is 0.492 e. The lowest BCUT2D eigenvalue weighted by Gasteiger charge is -2.17. The number of hydrogen-bond donors (Lipinski definition) is 1. The summed E-state index contributed by atoms with van der Waals surface area (Å²) in [6.45, 7) is 1.29. The van der Waals surface area contributed by atoms with Crippen molar-refractivity contribution in [2.24, 2.45) is 0 Å². The molecule has 1 aliphatic heterocycles. The van der Waals surface area contributed by atoms with Gasteiger partial charge in [0, 0.05) is 12.1 Å². The van der Waals surface area contributed by atoms with Crippen LogP contribution < -0.4 is 14.4 Å². The first-order valence-electron chi connectivity index (χ1n) is 9.66. The number of sulfonamides is 1. The molecule has 0 radical (unpaired) electrons. The minimum atomic E-state index is -3.20. The molecule has 0 atom stereocenters. The number of aryl methyl sites for hydroxylation is 2. The predicted octanol–water partition coefficient (Wildman–Crippen LogP) is 2.52. The quantitative estimate of drug-likeness (QED) is 0.756. The summed E-state index contributed by atoms with van der Waals surface area (Å²) in [7, 11) is -3.20. The van der Waals surface area contributed by atoms with Gasteiger partial charge >= 0.3 is 0 Å². The molecule has 1 saturated heterocycles. The van der Waals surface area contributed by atoms with Crippen molar-refractivity contribution in [2.45, 2.75) is 25.7 Å². The fraction of sp³-hybridized carbons (Fsp3) is 0.381. The Balaban J connectivity index is 1.27. The number of fused-ring (bicyclic) bond motifs is 1. The lowest BCUT2D eigenvalue weighted by atomic mass is 10.1. The van der Waals surface area contributed by atoms with E-state index >= 15 is 0 Å². The van der Waals surface area contributed by atoms with Gasteiger partial charge in [0.05, 0.1) is 18.0 Å². The molecular weight excluding hydrogens is 376 g/mol. The molecule has 0 spiro atoms. The summed E-state index contributed by atoms with van der Waals surface area (Å²) in [5, 5.41) is 2.83. The maximum Gasteiger partial charge on any atom is 0.251 e. The van der Waals surface area contributed by atoms with Gasteiger partial charge in [-0.05, 0) is 73.2 Å². The fourth-order valence-electron chi connectivity index (χ4n) is 3.78. The maximum atomic E-state index is 12.3. The summed E-state index contributed by atoms with van der Waals surface area (Å²) in [6.07, 6.45) is 4.10. The standard InChI is InChI=1S/C21H24N2O4S/c24-21(17-5-8-19(9-6-17)23-12-2-14-28(23,25)26)22-11-13-27-20-10-7-16-3-1-4-18(16)15-20/h5-10,15H,1-4,11-14H2,(H,22,24). The zero-order valence-corrected chi connectivity index (χ0v) is 16.5. The minimum Gasteiger partial charge on any atom is -0.492 e. The third kappa shape index (κ3) is 3.99. The second-order valence-corrected chi connectivity index (χ2v) is 9.19. The fourth-order valence-corrected chi connectivity index (χ4v) is 5.35. The molecule has 6 nitrogen and oxygen atoms in total. The molecule has 1 heterocycles. The third-order valence-corrected chi connectivity index (χ3v) is 7.11. The first-order valence-corrected chi connectivity index (χ1v) is 11.3. The topological polar surface area (TPSA) is 75.7 Å². The molecular formula is C21H24N2O4S. The lowest BCUT2D eigenvalue weighted by molar-refractivity contribution is 0.0947. The van der Waals surface area contributed by atoms with Gasteiger partial charge in [0.15, 0.2) is 0 Å². The van der Waals surface area contributed by atoms with Gasteiger partial charge in [0.2, 0.25) is 10.0 Å². The Bertz CT molecular complexity index is 970. The summed E-state index contributed by atoms with van der Waals surface area (Å²) >= 11 is 0. The van der Waals surface area contributed by atoms with Crippen LogP contribution in [0.5, 0.6) is 5.75 Å². The van der Waals surface area contributed by atoms with Gasteiger partial charge in [-0.15, -0.1) is 0 Å². The van der Waals surface area contributed by atoms with Crippen LogP contribution in [0.25, 0.3) is 0 Å². The van der Waals surface area contributed by atoms with E-state index in [0.29, 0.717) is 37.4 Å². The Morgan fingerprint density at radius 1 is 1.04 bits per heavy atom. The Labute approximate surface area is 165 Å². The Morgan fingerprint density at radius 2 is 1.82 bits per heavy atom. The number of benzene rings is 2. The number of anilines is 1. The van der Waals surface area contributed by atoms with Gasteiger partial charge in [0.25, 0.3) is 5.91 Å². The molecule has 2 aliphatic rings. The first kappa shape index (κ1) is 18.8. The molecule has 1 aliphatic carbocycles. The molecule has 2 aromatic carbocycles. The maximum absolute atomic E-state index is 12.3. The average Bonchev–Trinajstić information content (AvgIpc) is 3.30. The van der Waals surface area contributed by atoms with E-state index in [1.807, 2.05) is 6.07 Å². The van der Waals surface area contributed by atoms with E-state index < -0.39 is 10.0 Å². The molecule has 148 valence electrons. The molecule has 4 rings (SSSR count). The third-order valence-electron chi connectivity index (χ3n) is 5.24. The van der Waals surface area contributed by atoms with Crippen molar-refractivity contribution in [3.63, 3.8) is 0 Å². The number of amides is 1. The van der Waals surface area contributed by atoms with Crippen molar-refractivity contribution in [3.05, 3.63) is 59.2 Å². The monoisotopic (exact) mass is 400 g/mol. The highest BCUT2D eigenvalue weighted by atomic mass is 32.2. The van der Waals surface area contributed by atoms with Gasteiger partial charge in [-0.2, -0.15) is 0 Å². The van der Waals surface area contributed by atoms with E-state index in [0.717, 1.165) is 18.6 Å². The van der Waals surface area contributed by atoms with Crippen LogP contribution in [-0.2, 0) is 22.9 Å². The molecule has 0 saturated carbocycles. The van der Waals surface area contributed by atoms with Crippen LogP contribution in [0, 0.1) is 0 Å². The van der Waals surface area contributed by atoms with Crippen LogP contribution in [0.2, 0.25) is 0 Å². The molecule has 0 bridgehead atoms. The van der Waals surface area contributed by atoms with Crippen LogP contribution in [-0.4, -0.2) is 39.8 Å². The highest BCUT2D eigenvalue weighted by Crippen LogP contribution is 2.26.